The van der Waals surface area contributed by atoms with Crippen LogP contribution in [0.15, 0.2) is 47.4 Å². The highest BCUT2D eigenvalue weighted by atomic mass is 35.5. The zero-order valence-corrected chi connectivity index (χ0v) is 17.3. The number of nitrogens with zero attached hydrogens (tertiary/aromatic N) is 1. The number of aryl methyl sites for hydroxylation is 1. The highest BCUT2D eigenvalue weighted by Crippen LogP contribution is 2.17. The van der Waals surface area contributed by atoms with Gasteiger partial charge >= 0.3 is 0 Å². The molecule has 0 radical (unpaired) electrons. The molecule has 2 rings (SSSR count). The predicted molar refractivity (Wildman–Crippen MR) is 109 cm³/mol. The van der Waals surface area contributed by atoms with Gasteiger partial charge in [0.05, 0.1) is 11.5 Å². The molecule has 8 heteroatoms. The van der Waals surface area contributed by atoms with E-state index in [1.807, 2.05) is 13.0 Å². The van der Waals surface area contributed by atoms with E-state index in [0.717, 1.165) is 11.8 Å². The number of hydrogen-bond donors (Lipinski definition) is 1. The van der Waals surface area contributed by atoms with Crippen molar-refractivity contribution in [1.29, 1.82) is 0 Å². The van der Waals surface area contributed by atoms with Crippen molar-refractivity contribution in [1.82, 2.24) is 4.90 Å². The molecular formula is C19H25ClN2O4S. The summed E-state index contributed by atoms with van der Waals surface area (Å²) in [7, 11) is -1.47. The van der Waals surface area contributed by atoms with Crippen molar-refractivity contribution in [3.63, 3.8) is 0 Å². The Kier molecular flexibility index (Phi) is 8.12. The van der Waals surface area contributed by atoms with Crippen molar-refractivity contribution < 1.29 is 17.9 Å². The van der Waals surface area contributed by atoms with E-state index in [4.69, 9.17) is 10.5 Å². The normalized spacial score (nSPS) is 10.8. The van der Waals surface area contributed by atoms with E-state index in [2.05, 4.69) is 0 Å². The molecule has 0 heterocycles. The molecule has 0 aliphatic rings. The Labute approximate surface area is 166 Å². The molecule has 0 fully saturated rings. The molecule has 0 unspecified atom stereocenters. The monoisotopic (exact) mass is 412 g/mol. The maximum atomic E-state index is 12.5. The quantitative estimate of drug-likeness (QED) is 0.557. The Morgan fingerprint density at radius 3 is 2.37 bits per heavy atom. The molecule has 27 heavy (non-hydrogen) atoms. The Morgan fingerprint density at radius 1 is 1.15 bits per heavy atom. The summed E-state index contributed by atoms with van der Waals surface area (Å²) in [5.74, 6) is 0.519. The lowest BCUT2D eigenvalue weighted by Crippen LogP contribution is -2.29. The molecule has 2 aromatic carbocycles. The third kappa shape index (κ3) is 6.45. The number of amides is 1. The first-order chi connectivity index (χ1) is 12.2. The summed E-state index contributed by atoms with van der Waals surface area (Å²) in [6.45, 7) is 2.84. The second-order valence-corrected chi connectivity index (χ2v) is 8.26. The molecule has 2 aromatic rings. The average molecular weight is 413 g/mol. The van der Waals surface area contributed by atoms with Crippen molar-refractivity contribution in [3.05, 3.63) is 53.6 Å². The summed E-state index contributed by atoms with van der Waals surface area (Å²) in [6, 6.07) is 11.6. The minimum Gasteiger partial charge on any atom is -0.494 e. The zero-order chi connectivity index (χ0) is 19.3. The number of carbonyl (C=O) groups is 1. The fraction of sp³-hybridized carbons (Fsp3) is 0.316. The number of rotatable bonds is 7. The largest absolute Gasteiger partial charge is 0.494 e. The number of nitrogen functional groups attached to an aromatic ring is 1. The summed E-state index contributed by atoms with van der Waals surface area (Å²) in [4.78, 5) is 14.4. The molecule has 2 N–H and O–H groups in total. The lowest BCUT2D eigenvalue weighted by molar-refractivity contribution is 0.0787. The number of ether oxygens (including phenoxy) is 1. The number of anilines is 1. The summed E-state index contributed by atoms with van der Waals surface area (Å²) in [6.07, 6.45) is 1.81. The van der Waals surface area contributed by atoms with E-state index in [1.165, 1.54) is 12.1 Å². The van der Waals surface area contributed by atoms with E-state index in [-0.39, 0.29) is 23.2 Å². The van der Waals surface area contributed by atoms with Crippen molar-refractivity contribution in [2.75, 3.05) is 32.2 Å². The molecule has 0 spiro atoms. The molecule has 0 aliphatic heterocycles. The molecule has 0 aromatic heterocycles. The molecule has 0 atom stereocenters. The summed E-state index contributed by atoms with van der Waals surface area (Å²) in [5.41, 5.74) is 7.81. The van der Waals surface area contributed by atoms with Crippen molar-refractivity contribution in [3.8, 4) is 5.75 Å². The third-order valence-electron chi connectivity index (χ3n) is 4.00. The number of halogens is 1. The van der Waals surface area contributed by atoms with E-state index in [9.17, 15) is 13.2 Å². The smallest absolute Gasteiger partial charge is 0.253 e. The van der Waals surface area contributed by atoms with Gasteiger partial charge in [0.25, 0.3) is 5.91 Å². The Morgan fingerprint density at radius 2 is 1.78 bits per heavy atom. The van der Waals surface area contributed by atoms with Crippen LogP contribution in [0.25, 0.3) is 0 Å². The fourth-order valence-electron chi connectivity index (χ4n) is 2.45. The predicted octanol–water partition coefficient (Wildman–Crippen LogP) is 2.94. The van der Waals surface area contributed by atoms with Gasteiger partial charge in [-0.1, -0.05) is 6.07 Å². The summed E-state index contributed by atoms with van der Waals surface area (Å²) in [5, 5.41) is 0. The Bertz CT molecular complexity index is 883. The van der Waals surface area contributed by atoms with Crippen molar-refractivity contribution >= 4 is 33.8 Å². The molecule has 0 saturated carbocycles. The van der Waals surface area contributed by atoms with E-state index >= 15 is 0 Å². The first kappa shape index (κ1) is 22.8. The number of benzene rings is 2. The highest BCUT2D eigenvalue weighted by Gasteiger charge is 2.14. The van der Waals surface area contributed by atoms with Crippen molar-refractivity contribution in [2.45, 2.75) is 18.2 Å². The van der Waals surface area contributed by atoms with E-state index in [0.29, 0.717) is 36.6 Å². The SMILES string of the molecule is Cc1ccc(N)cc1C(=O)N(C)CCCOc1ccc(S(C)(=O)=O)cc1.Cl. The van der Waals surface area contributed by atoms with Gasteiger partial charge in [-0.15, -0.1) is 12.4 Å². The second kappa shape index (κ2) is 9.62. The maximum Gasteiger partial charge on any atom is 0.253 e. The zero-order valence-electron chi connectivity index (χ0n) is 15.6. The molecule has 0 saturated heterocycles. The molecule has 0 aliphatic carbocycles. The van der Waals surface area contributed by atoms with Crippen LogP contribution in [0.5, 0.6) is 5.75 Å². The number of nitrogens with two attached hydrogens (primary N) is 1. The van der Waals surface area contributed by atoms with Gasteiger partial charge in [0.15, 0.2) is 9.84 Å². The van der Waals surface area contributed by atoms with Crippen LogP contribution in [-0.2, 0) is 9.84 Å². The van der Waals surface area contributed by atoms with Gasteiger partial charge < -0.3 is 15.4 Å². The Hall–Kier alpha value is -2.25. The van der Waals surface area contributed by atoms with Gasteiger partial charge in [-0.25, -0.2) is 8.42 Å². The van der Waals surface area contributed by atoms with Crippen molar-refractivity contribution in [2.24, 2.45) is 0 Å². The van der Waals surface area contributed by atoms with Crippen LogP contribution < -0.4 is 10.5 Å². The first-order valence-corrected chi connectivity index (χ1v) is 10.1. The van der Waals surface area contributed by atoms with Crippen LogP contribution >= 0.6 is 12.4 Å². The minimum absolute atomic E-state index is 0. The number of carbonyl (C=O) groups excluding carboxylic acids is 1. The van der Waals surface area contributed by atoms with Gasteiger partial charge in [0.2, 0.25) is 0 Å². The van der Waals surface area contributed by atoms with Crippen LogP contribution in [-0.4, -0.2) is 45.7 Å². The van der Waals surface area contributed by atoms with Gasteiger partial charge in [-0.2, -0.15) is 0 Å². The van der Waals surface area contributed by atoms with E-state index < -0.39 is 9.84 Å². The average Bonchev–Trinajstić information content (AvgIpc) is 2.59. The Balaban J connectivity index is 0.00000364. The number of hydrogen-bond acceptors (Lipinski definition) is 5. The van der Waals surface area contributed by atoms with Gasteiger partial charge in [0, 0.05) is 31.1 Å². The van der Waals surface area contributed by atoms with Gasteiger partial charge in [-0.3, -0.25) is 4.79 Å². The lowest BCUT2D eigenvalue weighted by atomic mass is 10.1. The van der Waals surface area contributed by atoms with Crippen LogP contribution in [0.3, 0.4) is 0 Å². The number of sulfone groups is 1. The standard InChI is InChI=1S/C19H24N2O4S.ClH/c1-14-5-6-15(20)13-18(14)19(22)21(2)11-4-12-25-16-7-9-17(10-8-16)26(3,23)24;/h5-10,13H,4,11-12,20H2,1-3H3;1H. The van der Waals surface area contributed by atoms with E-state index in [1.54, 1.807) is 36.2 Å². The molecule has 6 nitrogen and oxygen atoms in total. The van der Waals surface area contributed by atoms with Gasteiger partial charge in [0.1, 0.15) is 5.75 Å². The molecule has 0 bridgehead atoms. The van der Waals surface area contributed by atoms with Gasteiger partial charge in [-0.05, 0) is 55.3 Å². The molecule has 1 amide bonds. The molecular weight excluding hydrogens is 388 g/mol. The highest BCUT2D eigenvalue weighted by molar-refractivity contribution is 7.90. The second-order valence-electron chi connectivity index (χ2n) is 6.25. The van der Waals surface area contributed by atoms with Crippen LogP contribution in [0.1, 0.15) is 22.3 Å². The summed E-state index contributed by atoms with van der Waals surface area (Å²) < 4.78 is 28.4. The maximum absolute atomic E-state index is 12.5. The van der Waals surface area contributed by atoms with Crippen LogP contribution in [0, 0.1) is 6.92 Å². The first-order valence-electron chi connectivity index (χ1n) is 8.23. The molecule has 148 valence electrons. The minimum atomic E-state index is -3.21. The summed E-state index contributed by atoms with van der Waals surface area (Å²) >= 11 is 0. The fourth-order valence-corrected chi connectivity index (χ4v) is 3.08. The van der Waals surface area contributed by atoms with Crippen LogP contribution in [0.2, 0.25) is 0 Å². The topological polar surface area (TPSA) is 89.7 Å². The third-order valence-corrected chi connectivity index (χ3v) is 5.13. The van der Waals surface area contributed by atoms with Crippen LogP contribution in [0.4, 0.5) is 5.69 Å². The lowest BCUT2D eigenvalue weighted by Gasteiger charge is -2.18.